The molecule has 0 heterocycles. The summed E-state index contributed by atoms with van der Waals surface area (Å²) < 4.78 is 33.4. The molecule has 0 aliphatic heterocycles. The number of carboxylic acid groups (broad SMARTS) is 1. The SMILES string of the molecule is CCCCCC/C=C\C/C=C\CCCCCCCC(=O)OC(COCCCCCCCCCCCCCCCCCCCCC)COP(=O)(O)OCC(N)C(=O)O. The molecule has 0 aliphatic rings. The number of phosphoric ester groups is 1. The molecule has 0 saturated carbocycles. The predicted molar refractivity (Wildman–Crippen MR) is 235 cm³/mol. The van der Waals surface area contributed by atoms with E-state index in [9.17, 15) is 19.0 Å². The third-order valence-corrected chi connectivity index (χ3v) is 11.2. The van der Waals surface area contributed by atoms with E-state index in [-0.39, 0.29) is 13.0 Å². The molecule has 0 radical (unpaired) electrons. The summed E-state index contributed by atoms with van der Waals surface area (Å²) >= 11 is 0. The molecular formula is C46H88NO9P. The van der Waals surface area contributed by atoms with Gasteiger partial charge >= 0.3 is 19.8 Å². The van der Waals surface area contributed by atoms with Gasteiger partial charge in [-0.3, -0.25) is 18.6 Å². The molecule has 3 unspecified atom stereocenters. The van der Waals surface area contributed by atoms with Crippen molar-refractivity contribution in [1.29, 1.82) is 0 Å². The number of nitrogens with two attached hydrogens (primary N) is 1. The van der Waals surface area contributed by atoms with Gasteiger partial charge in [0.15, 0.2) is 0 Å². The van der Waals surface area contributed by atoms with Crippen molar-refractivity contribution in [3.63, 3.8) is 0 Å². The molecule has 0 aromatic heterocycles. The van der Waals surface area contributed by atoms with Crippen LogP contribution in [0, 0.1) is 0 Å². The smallest absolute Gasteiger partial charge is 0.472 e. The number of rotatable bonds is 45. The van der Waals surface area contributed by atoms with E-state index in [1.54, 1.807) is 0 Å². The van der Waals surface area contributed by atoms with E-state index in [0.29, 0.717) is 13.0 Å². The first kappa shape index (κ1) is 55.5. The summed E-state index contributed by atoms with van der Waals surface area (Å²) in [6, 6.07) is -1.47. The molecule has 336 valence electrons. The Balaban J connectivity index is 4.18. The van der Waals surface area contributed by atoms with Crippen LogP contribution in [0.5, 0.6) is 0 Å². The number of allylic oxidation sites excluding steroid dienone is 4. The summed E-state index contributed by atoms with van der Waals surface area (Å²) in [5.74, 6) is -1.78. The van der Waals surface area contributed by atoms with Gasteiger partial charge in [-0.25, -0.2) is 4.57 Å². The van der Waals surface area contributed by atoms with Crippen LogP contribution in [0.15, 0.2) is 24.3 Å². The van der Waals surface area contributed by atoms with E-state index < -0.39 is 45.1 Å². The summed E-state index contributed by atoms with van der Waals surface area (Å²) in [5, 5.41) is 8.90. The van der Waals surface area contributed by atoms with Gasteiger partial charge in [0.1, 0.15) is 12.1 Å². The summed E-state index contributed by atoms with van der Waals surface area (Å²) in [5.41, 5.74) is 5.36. The second kappa shape index (κ2) is 42.6. The molecular weight excluding hydrogens is 741 g/mol. The fourth-order valence-electron chi connectivity index (χ4n) is 6.58. The number of unbranched alkanes of at least 4 members (excludes halogenated alkanes) is 27. The minimum atomic E-state index is -4.62. The highest BCUT2D eigenvalue weighted by Crippen LogP contribution is 2.43. The van der Waals surface area contributed by atoms with Crippen molar-refractivity contribution in [2.24, 2.45) is 5.73 Å². The molecule has 0 fully saturated rings. The maximum absolute atomic E-state index is 12.6. The van der Waals surface area contributed by atoms with Crippen LogP contribution in [-0.4, -0.2) is 60.5 Å². The molecule has 10 nitrogen and oxygen atoms in total. The highest BCUT2D eigenvalue weighted by Gasteiger charge is 2.27. The number of carbonyl (C=O) groups is 2. The number of aliphatic carboxylic acids is 1. The zero-order chi connectivity index (χ0) is 41.9. The lowest BCUT2D eigenvalue weighted by Gasteiger charge is -2.20. The summed E-state index contributed by atoms with van der Waals surface area (Å²) in [6.45, 7) is 3.88. The van der Waals surface area contributed by atoms with Gasteiger partial charge < -0.3 is 25.2 Å². The zero-order valence-electron chi connectivity index (χ0n) is 36.7. The number of phosphoric acid groups is 1. The molecule has 4 N–H and O–H groups in total. The lowest BCUT2D eigenvalue weighted by Crippen LogP contribution is -2.34. The van der Waals surface area contributed by atoms with E-state index >= 15 is 0 Å². The standard InChI is InChI=1S/C46H88NO9P/c1-3-5-7-9-11-13-15-17-19-21-22-23-25-27-29-31-33-35-37-39-53-40-43(41-54-57(51,52)55-42-44(47)46(49)50)56-45(48)38-36-34-32-30-28-26-24-20-18-16-14-12-10-8-6-4-2/h14,16,20,24,43-44H,3-13,15,17-19,21-23,25-42,47H2,1-2H3,(H,49,50)(H,51,52)/b16-14-,24-20-. The third kappa shape index (κ3) is 42.4. The summed E-state index contributed by atoms with van der Waals surface area (Å²) in [6.07, 6.45) is 46.6. The Bertz CT molecular complexity index is 1010. The minimum absolute atomic E-state index is 0.0156. The molecule has 3 atom stereocenters. The van der Waals surface area contributed by atoms with Gasteiger partial charge in [-0.15, -0.1) is 0 Å². The molecule has 0 bridgehead atoms. The van der Waals surface area contributed by atoms with Gasteiger partial charge in [0.25, 0.3) is 0 Å². The molecule has 0 aliphatic carbocycles. The Kier molecular flexibility index (Phi) is 41.4. The molecule has 0 aromatic rings. The van der Waals surface area contributed by atoms with Crippen LogP contribution in [0.3, 0.4) is 0 Å². The number of hydrogen-bond acceptors (Lipinski definition) is 8. The Morgan fingerprint density at radius 3 is 1.44 bits per heavy atom. The predicted octanol–water partition coefficient (Wildman–Crippen LogP) is 13.1. The second-order valence-electron chi connectivity index (χ2n) is 15.9. The third-order valence-electron chi connectivity index (χ3n) is 10.2. The average Bonchev–Trinajstić information content (AvgIpc) is 3.19. The highest BCUT2D eigenvalue weighted by molar-refractivity contribution is 7.47. The fourth-order valence-corrected chi connectivity index (χ4v) is 7.35. The first-order valence-corrected chi connectivity index (χ1v) is 24.9. The lowest BCUT2D eigenvalue weighted by molar-refractivity contribution is -0.154. The molecule has 0 saturated heterocycles. The molecule has 0 spiro atoms. The van der Waals surface area contributed by atoms with Crippen LogP contribution >= 0.6 is 7.82 Å². The van der Waals surface area contributed by atoms with Crippen LogP contribution in [-0.2, 0) is 32.7 Å². The quantitative estimate of drug-likeness (QED) is 0.0234. The van der Waals surface area contributed by atoms with E-state index in [1.165, 1.54) is 135 Å². The number of esters is 1. The average molecular weight is 830 g/mol. The van der Waals surface area contributed by atoms with Crippen LogP contribution < -0.4 is 5.73 Å². The van der Waals surface area contributed by atoms with Crippen molar-refractivity contribution in [1.82, 2.24) is 0 Å². The second-order valence-corrected chi connectivity index (χ2v) is 17.3. The largest absolute Gasteiger partial charge is 0.480 e. The van der Waals surface area contributed by atoms with Crippen LogP contribution in [0.1, 0.15) is 219 Å². The van der Waals surface area contributed by atoms with Crippen LogP contribution in [0.4, 0.5) is 0 Å². The zero-order valence-corrected chi connectivity index (χ0v) is 37.6. The van der Waals surface area contributed by atoms with Gasteiger partial charge in [0.2, 0.25) is 0 Å². The molecule has 57 heavy (non-hydrogen) atoms. The van der Waals surface area contributed by atoms with Crippen molar-refractivity contribution in [2.75, 3.05) is 26.4 Å². The van der Waals surface area contributed by atoms with E-state index in [2.05, 4.69) is 38.2 Å². The van der Waals surface area contributed by atoms with E-state index in [4.69, 9.17) is 29.4 Å². The van der Waals surface area contributed by atoms with Crippen molar-refractivity contribution in [3.8, 4) is 0 Å². The van der Waals surface area contributed by atoms with Crippen LogP contribution in [0.25, 0.3) is 0 Å². The van der Waals surface area contributed by atoms with Gasteiger partial charge in [0.05, 0.1) is 19.8 Å². The molecule has 0 aromatic carbocycles. The molecule has 11 heteroatoms. The number of hydrogen-bond donors (Lipinski definition) is 3. The van der Waals surface area contributed by atoms with E-state index in [1.807, 2.05) is 0 Å². The Hall–Kier alpha value is -1.55. The van der Waals surface area contributed by atoms with E-state index in [0.717, 1.165) is 57.8 Å². The maximum atomic E-state index is 12.6. The molecule has 0 rings (SSSR count). The Morgan fingerprint density at radius 1 is 0.561 bits per heavy atom. The van der Waals surface area contributed by atoms with Gasteiger partial charge in [0, 0.05) is 13.0 Å². The fraction of sp³-hybridized carbons (Fsp3) is 0.870. The summed E-state index contributed by atoms with van der Waals surface area (Å²) in [4.78, 5) is 33.6. The number of ether oxygens (including phenoxy) is 2. The monoisotopic (exact) mass is 830 g/mol. The van der Waals surface area contributed by atoms with Crippen molar-refractivity contribution >= 4 is 19.8 Å². The lowest BCUT2D eigenvalue weighted by atomic mass is 10.0. The van der Waals surface area contributed by atoms with Crippen LogP contribution in [0.2, 0.25) is 0 Å². The number of carbonyl (C=O) groups excluding carboxylic acids is 1. The first-order valence-electron chi connectivity index (χ1n) is 23.4. The van der Waals surface area contributed by atoms with Gasteiger partial charge in [-0.1, -0.05) is 192 Å². The van der Waals surface area contributed by atoms with Gasteiger partial charge in [-0.05, 0) is 44.9 Å². The number of carboxylic acids is 1. The molecule has 0 amide bonds. The highest BCUT2D eigenvalue weighted by atomic mass is 31.2. The minimum Gasteiger partial charge on any atom is -0.480 e. The topological polar surface area (TPSA) is 155 Å². The Morgan fingerprint density at radius 2 is 0.965 bits per heavy atom. The van der Waals surface area contributed by atoms with Crippen molar-refractivity contribution in [2.45, 2.75) is 231 Å². The first-order chi connectivity index (χ1) is 27.7. The maximum Gasteiger partial charge on any atom is 0.472 e. The normalized spacial score (nSPS) is 14.0. The summed E-state index contributed by atoms with van der Waals surface area (Å²) in [7, 11) is -4.62. The Labute approximate surface area is 349 Å². The van der Waals surface area contributed by atoms with Gasteiger partial charge in [-0.2, -0.15) is 0 Å². The van der Waals surface area contributed by atoms with Crippen molar-refractivity contribution in [3.05, 3.63) is 24.3 Å². The van der Waals surface area contributed by atoms with Crippen molar-refractivity contribution < 1.29 is 42.7 Å².